The lowest BCUT2D eigenvalue weighted by molar-refractivity contribution is 0.346. The second-order valence-corrected chi connectivity index (χ2v) is 9.79. The van der Waals surface area contributed by atoms with Crippen LogP contribution in [0.15, 0.2) is 58.7 Å². The third-order valence-corrected chi connectivity index (χ3v) is 7.45. The first-order valence-corrected chi connectivity index (χ1v) is 12.2. The van der Waals surface area contributed by atoms with Gasteiger partial charge in [0.05, 0.1) is 23.9 Å². The predicted molar refractivity (Wildman–Crippen MR) is 131 cm³/mol. The Labute approximate surface area is 192 Å². The molecule has 10 heteroatoms. The lowest BCUT2D eigenvalue weighted by Crippen LogP contribution is -2.35. The first-order chi connectivity index (χ1) is 15.5. The number of ether oxygens (including phenoxy) is 1. The van der Waals surface area contributed by atoms with Crippen LogP contribution in [0, 0.1) is 0 Å². The van der Waals surface area contributed by atoms with E-state index in [9.17, 15) is 8.42 Å². The van der Waals surface area contributed by atoms with Crippen molar-refractivity contribution in [3.8, 4) is 5.75 Å². The summed E-state index contributed by atoms with van der Waals surface area (Å²) in [7, 11) is -1.92. The molecule has 32 heavy (non-hydrogen) atoms. The van der Waals surface area contributed by atoms with Gasteiger partial charge < -0.3 is 15.0 Å². The predicted octanol–water partition coefficient (Wildman–Crippen LogP) is 3.67. The molecule has 0 spiro atoms. The monoisotopic (exact) mass is 471 g/mol. The summed E-state index contributed by atoms with van der Waals surface area (Å²) < 4.78 is 32.9. The van der Waals surface area contributed by atoms with Crippen LogP contribution in [-0.4, -0.2) is 49.2 Å². The largest absolute Gasteiger partial charge is 0.495 e. The summed E-state index contributed by atoms with van der Waals surface area (Å²) in [5.74, 6) is 0.666. The Kier molecular flexibility index (Phi) is 6.73. The van der Waals surface area contributed by atoms with Gasteiger partial charge in [0.2, 0.25) is 10.0 Å². The van der Waals surface area contributed by atoms with Crippen molar-refractivity contribution in [1.29, 1.82) is 0 Å². The zero-order chi connectivity index (χ0) is 22.6. The Morgan fingerprint density at radius 2 is 1.97 bits per heavy atom. The number of benzene rings is 2. The highest BCUT2D eigenvalue weighted by Gasteiger charge is 2.26. The van der Waals surface area contributed by atoms with Gasteiger partial charge in [-0.25, -0.2) is 8.42 Å². The van der Waals surface area contributed by atoms with Crippen molar-refractivity contribution in [3.63, 3.8) is 0 Å². The third-order valence-electron chi connectivity index (χ3n) is 5.36. The molecule has 1 aliphatic rings. The first-order valence-electron chi connectivity index (χ1n) is 10.3. The number of methoxy groups -OCH3 is 1. The molecular formula is C22H25N5O3S2. The quantitative estimate of drug-likeness (QED) is 0.288. The van der Waals surface area contributed by atoms with Gasteiger partial charge in [-0.2, -0.15) is 9.41 Å². The zero-order valence-electron chi connectivity index (χ0n) is 17.7. The van der Waals surface area contributed by atoms with Crippen LogP contribution in [0.2, 0.25) is 0 Å². The van der Waals surface area contributed by atoms with E-state index in [1.165, 1.54) is 0 Å². The molecule has 3 aromatic rings. The molecule has 0 atom stereocenters. The molecule has 2 aromatic carbocycles. The van der Waals surface area contributed by atoms with E-state index in [1.807, 2.05) is 24.3 Å². The summed E-state index contributed by atoms with van der Waals surface area (Å²) in [6.07, 6.45) is 6.26. The molecule has 0 unspecified atom stereocenters. The summed E-state index contributed by atoms with van der Waals surface area (Å²) in [4.78, 5) is 3.44. The normalized spacial score (nSPS) is 15.2. The van der Waals surface area contributed by atoms with Crippen molar-refractivity contribution in [2.45, 2.75) is 24.2 Å². The van der Waals surface area contributed by atoms with Crippen LogP contribution in [0.25, 0.3) is 10.9 Å². The number of anilines is 1. The van der Waals surface area contributed by atoms with E-state index < -0.39 is 10.0 Å². The van der Waals surface area contributed by atoms with Crippen LogP contribution in [0.4, 0.5) is 5.69 Å². The maximum absolute atomic E-state index is 13.0. The zero-order valence-corrected chi connectivity index (χ0v) is 19.3. The van der Waals surface area contributed by atoms with Crippen molar-refractivity contribution < 1.29 is 13.2 Å². The number of H-pyrrole nitrogens is 1. The number of piperidine rings is 1. The summed E-state index contributed by atoms with van der Waals surface area (Å²) in [5.41, 5.74) is 5.09. The summed E-state index contributed by atoms with van der Waals surface area (Å²) >= 11 is 5.29. The number of hydrogen-bond acceptors (Lipinski definition) is 5. The smallest absolute Gasteiger partial charge is 0.243 e. The summed E-state index contributed by atoms with van der Waals surface area (Å²) in [5, 5.41) is 8.31. The van der Waals surface area contributed by atoms with Gasteiger partial charge in [0.25, 0.3) is 0 Å². The van der Waals surface area contributed by atoms with E-state index in [-0.39, 0.29) is 0 Å². The number of nitrogens with zero attached hydrogens (tertiary/aromatic N) is 2. The van der Waals surface area contributed by atoms with Crippen LogP contribution in [0.1, 0.15) is 24.8 Å². The number of aromatic amines is 1. The van der Waals surface area contributed by atoms with E-state index in [0.717, 1.165) is 41.4 Å². The number of nitrogens with one attached hydrogen (secondary N) is 3. The molecule has 0 amide bonds. The van der Waals surface area contributed by atoms with Gasteiger partial charge in [-0.3, -0.25) is 5.43 Å². The number of rotatable bonds is 6. The molecule has 1 fully saturated rings. The highest BCUT2D eigenvalue weighted by atomic mass is 32.2. The van der Waals surface area contributed by atoms with Gasteiger partial charge in [-0.05, 0) is 55.4 Å². The molecular weight excluding hydrogens is 446 g/mol. The molecule has 1 saturated heterocycles. The van der Waals surface area contributed by atoms with Gasteiger partial charge in [0, 0.05) is 35.8 Å². The SMILES string of the molecule is COc1ccccc1NC(=S)N/N=C/c1c[nH]c2ccc(S(=O)(=O)N3CCCCC3)cc12. The van der Waals surface area contributed by atoms with Gasteiger partial charge in [-0.1, -0.05) is 18.6 Å². The lowest BCUT2D eigenvalue weighted by Gasteiger charge is -2.25. The Balaban J connectivity index is 1.49. The van der Waals surface area contributed by atoms with Crippen LogP contribution in [0.5, 0.6) is 5.75 Å². The number of para-hydroxylation sites is 2. The van der Waals surface area contributed by atoms with Crippen LogP contribution in [-0.2, 0) is 10.0 Å². The average Bonchev–Trinajstić information content (AvgIpc) is 3.22. The minimum atomic E-state index is -3.51. The number of fused-ring (bicyclic) bond motifs is 1. The Bertz CT molecular complexity index is 1250. The fourth-order valence-electron chi connectivity index (χ4n) is 3.70. The number of hydrogen-bond donors (Lipinski definition) is 3. The first kappa shape index (κ1) is 22.3. The summed E-state index contributed by atoms with van der Waals surface area (Å²) in [6.45, 7) is 1.14. The standard InChI is InChI=1S/C22H25N5O3S2/c1-30-21-8-4-3-7-20(21)25-22(31)26-24-15-16-14-23-19-10-9-17(13-18(16)19)32(28,29)27-11-5-2-6-12-27/h3-4,7-10,13-15,23H,2,5-6,11-12H2,1H3,(H2,25,26,31)/b24-15+. The number of thiocarbonyl (C=S) groups is 1. The van der Waals surface area contributed by atoms with E-state index in [2.05, 4.69) is 20.8 Å². The van der Waals surface area contributed by atoms with Crippen LogP contribution < -0.4 is 15.5 Å². The van der Waals surface area contributed by atoms with Gasteiger partial charge in [0.15, 0.2) is 5.11 Å². The van der Waals surface area contributed by atoms with Gasteiger partial charge in [0.1, 0.15) is 5.75 Å². The molecule has 0 radical (unpaired) electrons. The van der Waals surface area contributed by atoms with Crippen molar-refractivity contribution in [2.24, 2.45) is 5.10 Å². The molecule has 0 bridgehead atoms. The van der Waals surface area contributed by atoms with E-state index >= 15 is 0 Å². The van der Waals surface area contributed by atoms with Crippen molar-refractivity contribution in [2.75, 3.05) is 25.5 Å². The number of sulfonamides is 1. The van der Waals surface area contributed by atoms with Crippen LogP contribution in [0.3, 0.4) is 0 Å². The summed E-state index contributed by atoms with van der Waals surface area (Å²) in [6, 6.07) is 12.5. The second kappa shape index (κ2) is 9.68. The molecule has 2 heterocycles. The van der Waals surface area contributed by atoms with Gasteiger partial charge in [-0.15, -0.1) is 0 Å². The third kappa shape index (κ3) is 4.77. The molecule has 1 aliphatic heterocycles. The van der Waals surface area contributed by atoms with Crippen molar-refractivity contribution in [3.05, 3.63) is 54.2 Å². The van der Waals surface area contributed by atoms with Gasteiger partial charge >= 0.3 is 0 Å². The maximum atomic E-state index is 13.0. The fraction of sp³-hybridized carbons (Fsp3) is 0.273. The molecule has 168 valence electrons. The molecule has 1 aromatic heterocycles. The van der Waals surface area contributed by atoms with E-state index in [4.69, 9.17) is 17.0 Å². The van der Waals surface area contributed by atoms with Crippen molar-refractivity contribution in [1.82, 2.24) is 14.7 Å². The topological polar surface area (TPSA) is 98.8 Å². The molecule has 4 rings (SSSR count). The van der Waals surface area contributed by atoms with Crippen molar-refractivity contribution >= 4 is 50.2 Å². The Morgan fingerprint density at radius 3 is 2.75 bits per heavy atom. The average molecular weight is 472 g/mol. The fourth-order valence-corrected chi connectivity index (χ4v) is 5.41. The molecule has 0 aliphatic carbocycles. The maximum Gasteiger partial charge on any atom is 0.243 e. The minimum absolute atomic E-state index is 0.294. The molecule has 8 nitrogen and oxygen atoms in total. The highest BCUT2D eigenvalue weighted by Crippen LogP contribution is 2.26. The van der Waals surface area contributed by atoms with Crippen LogP contribution >= 0.6 is 12.2 Å². The molecule has 3 N–H and O–H groups in total. The Morgan fingerprint density at radius 1 is 1.19 bits per heavy atom. The minimum Gasteiger partial charge on any atom is -0.495 e. The second-order valence-electron chi connectivity index (χ2n) is 7.44. The molecule has 0 saturated carbocycles. The Hall–Kier alpha value is -2.95. The van der Waals surface area contributed by atoms with E-state index in [1.54, 1.807) is 42.0 Å². The number of hydrazone groups is 1. The number of aromatic nitrogens is 1. The van der Waals surface area contributed by atoms with E-state index in [0.29, 0.717) is 28.8 Å². The lowest BCUT2D eigenvalue weighted by atomic mass is 10.2. The highest BCUT2D eigenvalue weighted by molar-refractivity contribution is 7.89.